The Morgan fingerprint density at radius 2 is 1.83 bits per heavy atom. The van der Waals surface area contributed by atoms with Gasteiger partial charge in [0.2, 0.25) is 0 Å². The summed E-state index contributed by atoms with van der Waals surface area (Å²) in [6, 6.07) is 7.31. The molecule has 1 unspecified atom stereocenters. The number of ether oxygens (including phenoxy) is 1. The number of methoxy groups -OCH3 is 1. The minimum atomic E-state index is -1.48. The van der Waals surface area contributed by atoms with Crippen LogP contribution in [0.3, 0.4) is 0 Å². The van der Waals surface area contributed by atoms with Gasteiger partial charge in [-0.15, -0.1) is 0 Å². The second-order valence-corrected chi connectivity index (χ2v) is 8.90. The Labute approximate surface area is 201 Å². The maximum atomic E-state index is 14.0. The van der Waals surface area contributed by atoms with E-state index in [4.69, 9.17) is 9.57 Å². The number of likely N-dealkylation sites (N-methyl/N-ethyl adjacent to an activating group) is 1. The first-order valence-electron chi connectivity index (χ1n) is 11.3. The summed E-state index contributed by atoms with van der Waals surface area (Å²) in [5.41, 5.74) is 2.92. The van der Waals surface area contributed by atoms with Gasteiger partial charge in [-0.1, -0.05) is 17.3 Å². The largest absolute Gasteiger partial charge is 0.495 e. The number of benzene rings is 2. The van der Waals surface area contributed by atoms with Crippen LogP contribution in [0.15, 0.2) is 54.1 Å². The molecule has 5 rings (SSSR count). The molecule has 2 atom stereocenters. The molecule has 1 fully saturated rings. The van der Waals surface area contributed by atoms with Gasteiger partial charge in [0.15, 0.2) is 29.4 Å². The normalized spacial score (nSPS) is 20.2. The Balaban J connectivity index is 1.43. The molecule has 1 aromatic heterocycles. The standard InChI is InChI=1S/C26H25F3N4O2/c1-15-13-33(14-30-15)21-8-4-16(10-22(21)34-3)5-9-23-31-35-26(17-6-7-17)25(32(23)2)18-11-19(27)24(29)20(28)12-18/h4-5,8-14,17,25-26H,6-7H2,1-3H3/b9-5+/t25-,26?/m0/s1. The molecule has 1 saturated carbocycles. The molecule has 0 saturated heterocycles. The molecule has 0 radical (unpaired) electrons. The number of imidazole rings is 1. The number of hydrogen-bond acceptors (Lipinski definition) is 5. The molecule has 1 aliphatic heterocycles. The first-order chi connectivity index (χ1) is 16.9. The summed E-state index contributed by atoms with van der Waals surface area (Å²) < 4.78 is 49.1. The molecular weight excluding hydrogens is 457 g/mol. The molecule has 2 aliphatic rings. The van der Waals surface area contributed by atoms with E-state index in [9.17, 15) is 13.2 Å². The number of nitrogens with zero attached hydrogens (tertiary/aromatic N) is 4. The first-order valence-corrected chi connectivity index (χ1v) is 11.3. The molecule has 2 heterocycles. The third-order valence-electron chi connectivity index (χ3n) is 6.41. The van der Waals surface area contributed by atoms with Crippen molar-refractivity contribution >= 4 is 11.9 Å². The molecule has 9 heteroatoms. The van der Waals surface area contributed by atoms with Crippen LogP contribution < -0.4 is 4.74 Å². The van der Waals surface area contributed by atoms with E-state index in [1.807, 2.05) is 46.9 Å². The Morgan fingerprint density at radius 1 is 1.09 bits per heavy atom. The molecule has 1 aliphatic carbocycles. The Bertz CT molecular complexity index is 1290. The predicted molar refractivity (Wildman–Crippen MR) is 126 cm³/mol. The van der Waals surface area contributed by atoms with Crippen molar-refractivity contribution in [3.63, 3.8) is 0 Å². The van der Waals surface area contributed by atoms with Gasteiger partial charge in [-0.05, 0) is 61.2 Å². The number of aromatic nitrogens is 2. The lowest BCUT2D eigenvalue weighted by atomic mass is 9.95. The maximum absolute atomic E-state index is 14.0. The summed E-state index contributed by atoms with van der Waals surface area (Å²) >= 11 is 0. The zero-order valence-electron chi connectivity index (χ0n) is 19.6. The van der Waals surface area contributed by atoms with E-state index in [2.05, 4.69) is 10.1 Å². The van der Waals surface area contributed by atoms with Gasteiger partial charge in [-0.3, -0.25) is 0 Å². The van der Waals surface area contributed by atoms with Crippen molar-refractivity contribution in [1.82, 2.24) is 14.5 Å². The third kappa shape index (κ3) is 4.50. The monoisotopic (exact) mass is 482 g/mol. The summed E-state index contributed by atoms with van der Waals surface area (Å²) in [5.74, 6) is -2.54. The number of amidine groups is 1. The quantitative estimate of drug-likeness (QED) is 0.441. The molecule has 0 N–H and O–H groups in total. The van der Waals surface area contributed by atoms with E-state index < -0.39 is 23.5 Å². The van der Waals surface area contributed by atoms with Gasteiger partial charge in [-0.2, -0.15) is 0 Å². The van der Waals surface area contributed by atoms with Crippen LogP contribution in [-0.4, -0.2) is 40.5 Å². The average molecular weight is 483 g/mol. The highest BCUT2D eigenvalue weighted by molar-refractivity contribution is 5.96. The third-order valence-corrected chi connectivity index (χ3v) is 6.41. The van der Waals surface area contributed by atoms with Crippen LogP contribution in [0, 0.1) is 30.3 Å². The molecule has 2 aromatic carbocycles. The van der Waals surface area contributed by atoms with E-state index in [0.717, 1.165) is 41.9 Å². The van der Waals surface area contributed by atoms with Crippen LogP contribution in [0.1, 0.15) is 35.7 Å². The SMILES string of the molecule is COc1cc(/C=C/C2=NOC(C3CC3)[C@H](c3cc(F)c(F)c(F)c3)N2C)ccc1-n1cnc(C)c1. The summed E-state index contributed by atoms with van der Waals surface area (Å²) in [6.45, 7) is 1.92. The number of oxime groups is 1. The van der Waals surface area contributed by atoms with Crippen molar-refractivity contribution in [2.45, 2.75) is 31.9 Å². The highest BCUT2D eigenvalue weighted by Gasteiger charge is 2.44. The second kappa shape index (κ2) is 9.13. The molecule has 6 nitrogen and oxygen atoms in total. The minimum absolute atomic E-state index is 0.233. The molecular formula is C26H25F3N4O2. The molecule has 182 valence electrons. The first kappa shape index (κ1) is 23.0. The van der Waals surface area contributed by atoms with Crippen molar-refractivity contribution < 1.29 is 22.7 Å². The summed E-state index contributed by atoms with van der Waals surface area (Å²) in [5, 5.41) is 4.27. The lowest BCUT2D eigenvalue weighted by Gasteiger charge is -2.38. The van der Waals surface area contributed by atoms with Gasteiger partial charge in [0.05, 0.1) is 30.9 Å². The smallest absolute Gasteiger partial charge is 0.194 e. The van der Waals surface area contributed by atoms with Gasteiger partial charge in [0.25, 0.3) is 0 Å². The van der Waals surface area contributed by atoms with Crippen molar-refractivity contribution in [2.75, 3.05) is 14.2 Å². The highest BCUT2D eigenvalue weighted by atomic mass is 19.2. The zero-order chi connectivity index (χ0) is 24.7. The van der Waals surface area contributed by atoms with Crippen molar-refractivity contribution in [1.29, 1.82) is 0 Å². The highest BCUT2D eigenvalue weighted by Crippen LogP contribution is 2.44. The van der Waals surface area contributed by atoms with Crippen LogP contribution in [0.5, 0.6) is 5.75 Å². The predicted octanol–water partition coefficient (Wildman–Crippen LogP) is 5.42. The number of halogens is 3. The molecule has 0 spiro atoms. The summed E-state index contributed by atoms with van der Waals surface area (Å²) in [6.07, 6.45) is 8.78. The fourth-order valence-electron chi connectivity index (χ4n) is 4.41. The zero-order valence-corrected chi connectivity index (χ0v) is 19.6. The van der Waals surface area contributed by atoms with Crippen LogP contribution in [0.2, 0.25) is 0 Å². The van der Waals surface area contributed by atoms with E-state index in [1.165, 1.54) is 0 Å². The molecule has 0 amide bonds. The van der Waals surface area contributed by atoms with Gasteiger partial charge >= 0.3 is 0 Å². The number of aryl methyl sites for hydroxylation is 1. The van der Waals surface area contributed by atoms with E-state index in [-0.39, 0.29) is 12.0 Å². The van der Waals surface area contributed by atoms with Crippen LogP contribution in [-0.2, 0) is 4.84 Å². The minimum Gasteiger partial charge on any atom is -0.495 e. The Hall–Kier alpha value is -3.75. The molecule has 3 aromatic rings. The molecule has 0 bridgehead atoms. The van der Waals surface area contributed by atoms with Gasteiger partial charge in [-0.25, -0.2) is 18.2 Å². The maximum Gasteiger partial charge on any atom is 0.194 e. The Morgan fingerprint density at radius 3 is 2.46 bits per heavy atom. The fraction of sp³-hybridized carbons (Fsp3) is 0.308. The number of hydrogen-bond donors (Lipinski definition) is 0. The lowest BCUT2D eigenvalue weighted by Crippen LogP contribution is -2.43. The average Bonchev–Trinajstić information content (AvgIpc) is 3.61. The van der Waals surface area contributed by atoms with Crippen molar-refractivity contribution in [2.24, 2.45) is 11.1 Å². The van der Waals surface area contributed by atoms with Crippen LogP contribution >= 0.6 is 0 Å². The number of rotatable bonds is 6. The molecule has 35 heavy (non-hydrogen) atoms. The topological polar surface area (TPSA) is 51.9 Å². The van der Waals surface area contributed by atoms with Crippen molar-refractivity contribution in [3.8, 4) is 11.4 Å². The Kier molecular flexibility index (Phi) is 6.00. The van der Waals surface area contributed by atoms with Gasteiger partial charge in [0.1, 0.15) is 5.75 Å². The van der Waals surface area contributed by atoms with E-state index in [0.29, 0.717) is 17.1 Å². The second-order valence-electron chi connectivity index (χ2n) is 8.90. The van der Waals surface area contributed by atoms with E-state index in [1.54, 1.807) is 26.6 Å². The van der Waals surface area contributed by atoms with Crippen molar-refractivity contribution in [3.05, 3.63) is 83.2 Å². The lowest BCUT2D eigenvalue weighted by molar-refractivity contribution is -0.0256. The summed E-state index contributed by atoms with van der Waals surface area (Å²) in [4.78, 5) is 11.9. The van der Waals surface area contributed by atoms with Gasteiger partial charge in [0, 0.05) is 19.2 Å². The van der Waals surface area contributed by atoms with E-state index >= 15 is 0 Å². The van der Waals surface area contributed by atoms with Crippen LogP contribution in [0.4, 0.5) is 13.2 Å². The van der Waals surface area contributed by atoms with Crippen LogP contribution in [0.25, 0.3) is 11.8 Å². The fourth-order valence-corrected chi connectivity index (χ4v) is 4.41. The summed E-state index contributed by atoms with van der Waals surface area (Å²) in [7, 11) is 3.39. The van der Waals surface area contributed by atoms with Gasteiger partial charge < -0.3 is 19.0 Å².